The van der Waals surface area contributed by atoms with Gasteiger partial charge in [0.25, 0.3) is 0 Å². The molecule has 3 atom stereocenters. The molecule has 6 nitrogen and oxygen atoms in total. The van der Waals surface area contributed by atoms with Gasteiger partial charge in [0.05, 0.1) is 24.8 Å². The number of alkyl halides is 3. The third-order valence-electron chi connectivity index (χ3n) is 8.79. The monoisotopic (exact) mass is 605 g/mol. The van der Waals surface area contributed by atoms with Gasteiger partial charge in [0.2, 0.25) is 0 Å². The number of nitrogens with one attached hydrogen (secondary N) is 1. The summed E-state index contributed by atoms with van der Waals surface area (Å²) >= 11 is 0. The van der Waals surface area contributed by atoms with Crippen molar-refractivity contribution in [2.45, 2.75) is 56.2 Å². The zero-order valence-electron chi connectivity index (χ0n) is 24.7. The van der Waals surface area contributed by atoms with Crippen LogP contribution < -0.4 is 0 Å². The SMILES string of the molecule is Cc1ccccc1[C@@H]1C[C@H](N2CCOCC2)CC[C@H]1c1cc(C(c2ccccc2)c2ccccc2)n[nH]1.O=C(O)C(F)(F)F. The summed E-state index contributed by atoms with van der Waals surface area (Å²) in [6, 6.07) is 33.5. The molecule has 2 aliphatic rings. The zero-order chi connectivity index (χ0) is 31.1. The fourth-order valence-corrected chi connectivity index (χ4v) is 6.66. The summed E-state index contributed by atoms with van der Waals surface area (Å²) < 4.78 is 37.4. The minimum atomic E-state index is -5.08. The van der Waals surface area contributed by atoms with Crippen LogP contribution in [-0.4, -0.2) is 64.7 Å². The first-order chi connectivity index (χ1) is 21.2. The minimum Gasteiger partial charge on any atom is -0.475 e. The van der Waals surface area contributed by atoms with Gasteiger partial charge in [-0.05, 0) is 60.4 Å². The average molecular weight is 606 g/mol. The fraction of sp³-hybridized carbons (Fsp3) is 0.371. The highest BCUT2D eigenvalue weighted by Gasteiger charge is 2.39. The summed E-state index contributed by atoms with van der Waals surface area (Å²) in [5.41, 5.74) is 7.82. The number of halogens is 3. The van der Waals surface area contributed by atoms with Crippen LogP contribution in [0.25, 0.3) is 0 Å². The van der Waals surface area contributed by atoms with E-state index in [-0.39, 0.29) is 5.92 Å². The number of aromatic amines is 1. The van der Waals surface area contributed by atoms with Crippen LogP contribution in [0.2, 0.25) is 0 Å². The van der Waals surface area contributed by atoms with Crippen molar-refractivity contribution in [3.63, 3.8) is 0 Å². The van der Waals surface area contributed by atoms with E-state index in [4.69, 9.17) is 19.7 Å². The summed E-state index contributed by atoms with van der Waals surface area (Å²) in [5.74, 6) is -1.73. The minimum absolute atomic E-state index is 0.119. The Bertz CT molecular complexity index is 1450. The van der Waals surface area contributed by atoms with E-state index in [1.54, 1.807) is 0 Å². The van der Waals surface area contributed by atoms with E-state index in [0.717, 1.165) is 32.0 Å². The third-order valence-corrected chi connectivity index (χ3v) is 8.79. The second-order valence-electron chi connectivity index (χ2n) is 11.5. The molecule has 0 spiro atoms. The number of hydrogen-bond acceptors (Lipinski definition) is 4. The van der Waals surface area contributed by atoms with Gasteiger partial charge in [0.15, 0.2) is 0 Å². The Kier molecular flexibility index (Phi) is 10.2. The predicted molar refractivity (Wildman–Crippen MR) is 163 cm³/mol. The van der Waals surface area contributed by atoms with Crippen LogP contribution in [0.4, 0.5) is 13.2 Å². The Balaban J connectivity index is 0.000000493. The Hall–Kier alpha value is -3.95. The predicted octanol–water partition coefficient (Wildman–Crippen LogP) is 7.28. The second kappa shape index (κ2) is 14.2. The van der Waals surface area contributed by atoms with Gasteiger partial charge in [0.1, 0.15) is 0 Å². The number of aromatic nitrogens is 2. The lowest BCUT2D eigenvalue weighted by Crippen LogP contribution is -2.46. The molecule has 3 aromatic carbocycles. The molecule has 2 N–H and O–H groups in total. The molecular weight excluding hydrogens is 567 g/mol. The molecule has 0 radical (unpaired) electrons. The number of aryl methyl sites for hydroxylation is 1. The van der Waals surface area contributed by atoms with Crippen molar-refractivity contribution in [3.8, 4) is 0 Å². The van der Waals surface area contributed by atoms with Gasteiger partial charge in [-0.1, -0.05) is 84.9 Å². The Morgan fingerprint density at radius 3 is 2.05 bits per heavy atom. The van der Waals surface area contributed by atoms with Gasteiger partial charge >= 0.3 is 12.1 Å². The van der Waals surface area contributed by atoms with Gasteiger partial charge in [-0.3, -0.25) is 10.00 Å². The quantitative estimate of drug-likeness (QED) is 0.242. The van der Waals surface area contributed by atoms with E-state index in [9.17, 15) is 13.2 Å². The van der Waals surface area contributed by atoms with Crippen LogP contribution in [0, 0.1) is 6.92 Å². The molecule has 0 amide bonds. The van der Waals surface area contributed by atoms with Gasteiger partial charge in [-0.15, -0.1) is 0 Å². The standard InChI is InChI=1S/C33H37N3O.C2HF3O2/c1-24-10-8-9-15-28(24)30-22-27(36-18-20-37-21-19-36)16-17-29(30)31-23-32(35-34-31)33(25-11-4-2-5-12-25)26-13-6-3-7-14-26;3-2(4,5)1(6)7/h2-15,23,27,29-30,33H,16-22H2,1H3,(H,34,35);(H,6,7)/t27-,29-,30+;/m1./s1. The van der Waals surface area contributed by atoms with E-state index in [1.807, 2.05) is 0 Å². The van der Waals surface area contributed by atoms with Crippen LogP contribution in [0.15, 0.2) is 91.0 Å². The summed E-state index contributed by atoms with van der Waals surface area (Å²) in [7, 11) is 0. The van der Waals surface area contributed by atoms with E-state index < -0.39 is 12.1 Å². The Morgan fingerprint density at radius 1 is 0.909 bits per heavy atom. The van der Waals surface area contributed by atoms with Gasteiger partial charge in [-0.2, -0.15) is 18.3 Å². The molecule has 9 heteroatoms. The van der Waals surface area contributed by atoms with Crippen LogP contribution >= 0.6 is 0 Å². The lowest BCUT2D eigenvalue weighted by atomic mass is 9.70. The lowest BCUT2D eigenvalue weighted by Gasteiger charge is -2.43. The van der Waals surface area contributed by atoms with Crippen molar-refractivity contribution in [1.29, 1.82) is 0 Å². The second-order valence-corrected chi connectivity index (χ2v) is 11.5. The van der Waals surface area contributed by atoms with Crippen LogP contribution in [0.3, 0.4) is 0 Å². The van der Waals surface area contributed by atoms with Crippen molar-refractivity contribution in [3.05, 3.63) is 125 Å². The van der Waals surface area contributed by atoms with Crippen molar-refractivity contribution >= 4 is 5.97 Å². The number of carboxylic acid groups (broad SMARTS) is 1. The first-order valence-electron chi connectivity index (χ1n) is 15.0. The number of carboxylic acids is 1. The molecule has 2 heterocycles. The fourth-order valence-electron chi connectivity index (χ4n) is 6.66. The van der Waals surface area contributed by atoms with Crippen molar-refractivity contribution < 1.29 is 27.8 Å². The van der Waals surface area contributed by atoms with Crippen molar-refractivity contribution in [2.24, 2.45) is 0 Å². The molecule has 4 aromatic rings. The summed E-state index contributed by atoms with van der Waals surface area (Å²) in [4.78, 5) is 11.6. The highest BCUT2D eigenvalue weighted by molar-refractivity contribution is 5.73. The highest BCUT2D eigenvalue weighted by Crippen LogP contribution is 2.46. The summed E-state index contributed by atoms with van der Waals surface area (Å²) in [6.45, 7) is 6.10. The van der Waals surface area contributed by atoms with Crippen molar-refractivity contribution in [2.75, 3.05) is 26.3 Å². The smallest absolute Gasteiger partial charge is 0.475 e. The Morgan fingerprint density at radius 2 is 1.48 bits per heavy atom. The molecule has 0 unspecified atom stereocenters. The van der Waals surface area contributed by atoms with Gasteiger partial charge in [-0.25, -0.2) is 4.79 Å². The number of aliphatic carboxylic acids is 1. The molecule has 1 aliphatic heterocycles. The highest BCUT2D eigenvalue weighted by atomic mass is 19.4. The van der Waals surface area contributed by atoms with E-state index in [2.05, 4.69) is 108 Å². The number of nitrogens with zero attached hydrogens (tertiary/aromatic N) is 2. The molecule has 0 bridgehead atoms. The lowest BCUT2D eigenvalue weighted by molar-refractivity contribution is -0.192. The summed E-state index contributed by atoms with van der Waals surface area (Å²) in [5, 5.41) is 15.6. The number of H-pyrrole nitrogens is 1. The number of morpholine rings is 1. The average Bonchev–Trinajstić information content (AvgIpc) is 3.52. The van der Waals surface area contributed by atoms with Gasteiger partial charge < -0.3 is 9.84 Å². The molecule has 1 aromatic heterocycles. The molecule has 1 saturated heterocycles. The molecule has 232 valence electrons. The van der Waals surface area contributed by atoms with E-state index in [0.29, 0.717) is 17.9 Å². The van der Waals surface area contributed by atoms with Gasteiger partial charge in [0, 0.05) is 30.7 Å². The number of rotatable bonds is 6. The molecular formula is C35H38F3N3O3. The first kappa shape index (κ1) is 31.5. The first-order valence-corrected chi connectivity index (χ1v) is 15.0. The molecule has 1 saturated carbocycles. The zero-order valence-corrected chi connectivity index (χ0v) is 24.7. The third kappa shape index (κ3) is 7.57. The molecule has 1 aliphatic carbocycles. The maximum atomic E-state index is 10.6. The maximum Gasteiger partial charge on any atom is 0.490 e. The molecule has 2 fully saturated rings. The van der Waals surface area contributed by atoms with Crippen LogP contribution in [0.5, 0.6) is 0 Å². The number of ether oxygens (including phenoxy) is 1. The number of benzene rings is 3. The Labute approximate surface area is 255 Å². The molecule has 44 heavy (non-hydrogen) atoms. The summed E-state index contributed by atoms with van der Waals surface area (Å²) in [6.07, 6.45) is -1.50. The van der Waals surface area contributed by atoms with Crippen LogP contribution in [-0.2, 0) is 9.53 Å². The van der Waals surface area contributed by atoms with Crippen LogP contribution in [0.1, 0.15) is 70.7 Å². The topological polar surface area (TPSA) is 78.5 Å². The number of hydrogen-bond donors (Lipinski definition) is 2. The normalized spacial score (nSPS) is 21.0. The van der Waals surface area contributed by atoms with E-state index in [1.165, 1.54) is 47.2 Å². The van der Waals surface area contributed by atoms with Crippen molar-refractivity contribution in [1.82, 2.24) is 15.1 Å². The number of carbonyl (C=O) groups is 1. The molecule has 6 rings (SSSR count). The largest absolute Gasteiger partial charge is 0.490 e. The maximum absolute atomic E-state index is 10.6. The van der Waals surface area contributed by atoms with E-state index >= 15 is 0 Å².